The molecule has 0 saturated heterocycles. The van der Waals surface area contributed by atoms with Crippen LogP contribution in [-0.4, -0.2) is 24.5 Å². The summed E-state index contributed by atoms with van der Waals surface area (Å²) >= 11 is 0. The van der Waals surface area contributed by atoms with Gasteiger partial charge in [-0.1, -0.05) is 62.4 Å². The van der Waals surface area contributed by atoms with Gasteiger partial charge in [0, 0.05) is 0 Å². The summed E-state index contributed by atoms with van der Waals surface area (Å²) in [6.07, 6.45) is 0.827. The van der Waals surface area contributed by atoms with Crippen molar-refractivity contribution < 1.29 is 14.3 Å². The average molecular weight is 368 g/mol. The van der Waals surface area contributed by atoms with E-state index < -0.39 is 6.04 Å². The Kier molecular flexibility index (Phi) is 7.86. The van der Waals surface area contributed by atoms with Crippen molar-refractivity contribution in [2.24, 2.45) is 5.92 Å². The maximum atomic E-state index is 12.6. The Balaban J connectivity index is 1.87. The monoisotopic (exact) mass is 368 g/mol. The van der Waals surface area contributed by atoms with Gasteiger partial charge in [0.25, 0.3) is 5.91 Å². The molecule has 0 aromatic heterocycles. The molecular formula is C22H28N2O3. The first-order valence-electron chi connectivity index (χ1n) is 9.28. The smallest absolute Gasteiger partial charge is 0.258 e. The van der Waals surface area contributed by atoms with E-state index in [2.05, 4.69) is 24.5 Å². The Morgan fingerprint density at radius 2 is 1.48 bits per heavy atom. The minimum Gasteiger partial charge on any atom is -0.484 e. The maximum absolute atomic E-state index is 12.6. The molecule has 0 heterocycles. The molecule has 2 aromatic rings. The molecule has 2 unspecified atom stereocenters. The van der Waals surface area contributed by atoms with E-state index in [0.29, 0.717) is 11.7 Å². The van der Waals surface area contributed by atoms with Crippen LogP contribution >= 0.6 is 0 Å². The summed E-state index contributed by atoms with van der Waals surface area (Å²) in [7, 11) is 0. The fraction of sp³-hybridized carbons (Fsp3) is 0.364. The Bertz CT molecular complexity index is 717. The lowest BCUT2D eigenvalue weighted by molar-refractivity contribution is -0.130. The molecule has 5 nitrogen and oxygen atoms in total. The number of amides is 2. The van der Waals surface area contributed by atoms with Gasteiger partial charge in [-0.25, -0.2) is 0 Å². The van der Waals surface area contributed by atoms with Crippen LogP contribution in [0.3, 0.4) is 0 Å². The first-order chi connectivity index (χ1) is 13.0. The normalized spacial score (nSPS) is 12.9. The molecule has 2 atom stereocenters. The highest BCUT2D eigenvalue weighted by Crippen LogP contribution is 2.21. The van der Waals surface area contributed by atoms with Crippen molar-refractivity contribution >= 4 is 11.8 Å². The fourth-order valence-corrected chi connectivity index (χ4v) is 2.75. The largest absolute Gasteiger partial charge is 0.484 e. The lowest BCUT2D eigenvalue weighted by Crippen LogP contribution is -2.47. The fourth-order valence-electron chi connectivity index (χ4n) is 2.75. The van der Waals surface area contributed by atoms with Crippen LogP contribution in [0.15, 0.2) is 60.7 Å². The van der Waals surface area contributed by atoms with Gasteiger partial charge in [0.05, 0.1) is 6.04 Å². The number of benzene rings is 2. The first kappa shape index (κ1) is 20.5. The molecule has 0 aliphatic carbocycles. The maximum Gasteiger partial charge on any atom is 0.258 e. The Morgan fingerprint density at radius 1 is 0.889 bits per heavy atom. The molecule has 144 valence electrons. The van der Waals surface area contributed by atoms with E-state index in [-0.39, 0.29) is 24.5 Å². The second-order valence-corrected chi connectivity index (χ2v) is 6.99. The number of carbonyl (C=O) groups excluding carboxylic acids is 2. The number of hydrogen-bond acceptors (Lipinski definition) is 3. The number of ether oxygens (including phenoxy) is 1. The molecule has 0 saturated carbocycles. The van der Waals surface area contributed by atoms with Gasteiger partial charge >= 0.3 is 0 Å². The summed E-state index contributed by atoms with van der Waals surface area (Å²) in [4.78, 5) is 24.6. The number of carbonyl (C=O) groups is 2. The summed E-state index contributed by atoms with van der Waals surface area (Å²) in [6.45, 7) is 5.78. The minimum atomic E-state index is -0.643. The first-order valence-corrected chi connectivity index (χ1v) is 9.28. The van der Waals surface area contributed by atoms with E-state index in [9.17, 15) is 9.59 Å². The molecule has 0 radical (unpaired) electrons. The van der Waals surface area contributed by atoms with Crippen LogP contribution in [-0.2, 0) is 9.59 Å². The summed E-state index contributed by atoms with van der Waals surface area (Å²) in [5, 5.41) is 5.73. The van der Waals surface area contributed by atoms with E-state index in [0.717, 1.165) is 12.0 Å². The number of rotatable bonds is 9. The van der Waals surface area contributed by atoms with Crippen LogP contribution in [0.25, 0.3) is 0 Å². The van der Waals surface area contributed by atoms with Gasteiger partial charge in [-0.05, 0) is 37.0 Å². The summed E-state index contributed by atoms with van der Waals surface area (Å²) < 4.78 is 5.41. The van der Waals surface area contributed by atoms with Crippen molar-refractivity contribution in [2.75, 3.05) is 6.61 Å². The molecular weight excluding hydrogens is 340 g/mol. The van der Waals surface area contributed by atoms with Crippen LogP contribution in [0.1, 0.15) is 38.8 Å². The van der Waals surface area contributed by atoms with Crippen LogP contribution in [0.5, 0.6) is 5.75 Å². The zero-order valence-corrected chi connectivity index (χ0v) is 16.1. The zero-order chi connectivity index (χ0) is 19.6. The van der Waals surface area contributed by atoms with E-state index >= 15 is 0 Å². The van der Waals surface area contributed by atoms with Crippen molar-refractivity contribution in [3.63, 3.8) is 0 Å². The SMILES string of the molecule is CC(C)CC(NC(=O)C(C)NC(=O)COc1ccccc1)c1ccccc1. The quantitative estimate of drug-likeness (QED) is 0.712. The lowest BCUT2D eigenvalue weighted by atomic mass is 9.97. The van der Waals surface area contributed by atoms with E-state index in [1.807, 2.05) is 48.5 Å². The van der Waals surface area contributed by atoms with E-state index in [4.69, 9.17) is 4.74 Å². The van der Waals surface area contributed by atoms with Crippen LogP contribution in [0.2, 0.25) is 0 Å². The molecule has 0 bridgehead atoms. The number of para-hydroxylation sites is 1. The molecule has 0 aliphatic heterocycles. The summed E-state index contributed by atoms with van der Waals surface area (Å²) in [5.41, 5.74) is 1.06. The Hall–Kier alpha value is -2.82. The third kappa shape index (κ3) is 7.13. The molecule has 2 N–H and O–H groups in total. The standard InChI is InChI=1S/C22H28N2O3/c1-16(2)14-20(18-10-6-4-7-11-18)24-22(26)17(3)23-21(25)15-27-19-12-8-5-9-13-19/h4-13,16-17,20H,14-15H2,1-3H3,(H,23,25)(H,24,26). The van der Waals surface area contributed by atoms with Gasteiger partial charge in [-0.3, -0.25) is 9.59 Å². The molecule has 2 amide bonds. The molecule has 2 aromatic carbocycles. The topological polar surface area (TPSA) is 67.4 Å². The zero-order valence-electron chi connectivity index (χ0n) is 16.1. The van der Waals surface area contributed by atoms with E-state index in [1.165, 1.54) is 0 Å². The van der Waals surface area contributed by atoms with Gasteiger partial charge in [-0.15, -0.1) is 0 Å². The highest BCUT2D eigenvalue weighted by atomic mass is 16.5. The third-order valence-electron chi connectivity index (χ3n) is 4.11. The second kappa shape index (κ2) is 10.4. The summed E-state index contributed by atoms with van der Waals surface area (Å²) in [5.74, 6) is 0.504. The van der Waals surface area contributed by atoms with Crippen molar-refractivity contribution in [2.45, 2.75) is 39.3 Å². The molecule has 0 fully saturated rings. The van der Waals surface area contributed by atoms with Crippen molar-refractivity contribution in [1.29, 1.82) is 0 Å². The lowest BCUT2D eigenvalue weighted by Gasteiger charge is -2.23. The van der Waals surface area contributed by atoms with Gasteiger partial charge < -0.3 is 15.4 Å². The Morgan fingerprint density at radius 3 is 2.07 bits per heavy atom. The minimum absolute atomic E-state index is 0.0846. The third-order valence-corrected chi connectivity index (χ3v) is 4.11. The highest BCUT2D eigenvalue weighted by Gasteiger charge is 2.21. The van der Waals surface area contributed by atoms with Gasteiger partial charge in [-0.2, -0.15) is 0 Å². The molecule has 0 aliphatic rings. The predicted molar refractivity (Wildman–Crippen MR) is 106 cm³/mol. The predicted octanol–water partition coefficient (Wildman–Crippen LogP) is 3.47. The molecule has 0 spiro atoms. The molecule has 5 heteroatoms. The average Bonchev–Trinajstić information content (AvgIpc) is 2.67. The number of nitrogens with one attached hydrogen (secondary N) is 2. The van der Waals surface area contributed by atoms with Crippen LogP contribution in [0, 0.1) is 5.92 Å². The van der Waals surface area contributed by atoms with Crippen molar-refractivity contribution in [3.05, 3.63) is 66.2 Å². The van der Waals surface area contributed by atoms with Crippen molar-refractivity contribution in [1.82, 2.24) is 10.6 Å². The highest BCUT2D eigenvalue weighted by molar-refractivity contribution is 5.88. The van der Waals surface area contributed by atoms with Crippen LogP contribution in [0.4, 0.5) is 0 Å². The second-order valence-electron chi connectivity index (χ2n) is 6.99. The molecule has 27 heavy (non-hydrogen) atoms. The summed E-state index contributed by atoms with van der Waals surface area (Å²) in [6, 6.07) is 18.3. The van der Waals surface area contributed by atoms with Gasteiger partial charge in [0.2, 0.25) is 5.91 Å². The Labute approximate surface area is 161 Å². The number of hydrogen-bond donors (Lipinski definition) is 2. The molecule has 2 rings (SSSR count). The van der Waals surface area contributed by atoms with Crippen molar-refractivity contribution in [3.8, 4) is 5.75 Å². The van der Waals surface area contributed by atoms with Gasteiger partial charge in [0.15, 0.2) is 6.61 Å². The van der Waals surface area contributed by atoms with E-state index in [1.54, 1.807) is 19.1 Å². The van der Waals surface area contributed by atoms with Gasteiger partial charge in [0.1, 0.15) is 11.8 Å². The van der Waals surface area contributed by atoms with Crippen LogP contribution < -0.4 is 15.4 Å².